The maximum absolute atomic E-state index is 12.6. The van der Waals surface area contributed by atoms with Gasteiger partial charge in [-0.25, -0.2) is 5.43 Å². The molecule has 6 heteroatoms. The number of nitrogens with one attached hydrogen (secondary N) is 1. The number of hydrogen-bond acceptors (Lipinski definition) is 3. The van der Waals surface area contributed by atoms with Crippen LogP contribution in [0.4, 0.5) is 0 Å². The zero-order chi connectivity index (χ0) is 19.9. The Hall–Kier alpha value is -2.27. The van der Waals surface area contributed by atoms with Gasteiger partial charge in [-0.15, -0.1) is 11.8 Å². The number of halogens is 2. The Morgan fingerprint density at radius 1 is 0.857 bits per heavy atom. The summed E-state index contributed by atoms with van der Waals surface area (Å²) in [5, 5.41) is 5.03. The standard InChI is InChI=1S/C22H18Cl2N2OS/c1-15(28-21-18(23)13-8-14-19(21)24)22(27)26-25-20(16-9-4-2-5-10-16)17-11-6-3-7-12-17/h2-15H,1H3,(H,26,27)/t15-/m1/s1. The quantitative estimate of drug-likeness (QED) is 0.295. The second-order valence-corrected chi connectivity index (χ2v) is 8.14. The van der Waals surface area contributed by atoms with Gasteiger partial charge in [0.2, 0.25) is 0 Å². The van der Waals surface area contributed by atoms with E-state index >= 15 is 0 Å². The maximum Gasteiger partial charge on any atom is 0.253 e. The first-order valence-electron chi connectivity index (χ1n) is 8.65. The summed E-state index contributed by atoms with van der Waals surface area (Å²) in [7, 11) is 0. The predicted molar refractivity (Wildman–Crippen MR) is 118 cm³/mol. The molecular weight excluding hydrogens is 411 g/mol. The zero-order valence-electron chi connectivity index (χ0n) is 15.1. The summed E-state index contributed by atoms with van der Waals surface area (Å²) in [6.45, 7) is 1.79. The van der Waals surface area contributed by atoms with Gasteiger partial charge in [0, 0.05) is 16.0 Å². The van der Waals surface area contributed by atoms with Gasteiger partial charge in [0.15, 0.2) is 0 Å². The average Bonchev–Trinajstić information content (AvgIpc) is 2.72. The Kier molecular flexibility index (Phi) is 7.15. The molecule has 1 amide bonds. The molecule has 0 spiro atoms. The largest absolute Gasteiger partial charge is 0.272 e. The molecule has 0 bridgehead atoms. The summed E-state index contributed by atoms with van der Waals surface area (Å²) < 4.78 is 0. The van der Waals surface area contributed by atoms with E-state index in [2.05, 4.69) is 10.5 Å². The Balaban J connectivity index is 1.79. The molecule has 0 radical (unpaired) electrons. The highest BCUT2D eigenvalue weighted by Crippen LogP contribution is 2.36. The lowest BCUT2D eigenvalue weighted by Crippen LogP contribution is -2.28. The first kappa shape index (κ1) is 20.5. The molecule has 3 aromatic rings. The Morgan fingerprint density at radius 3 is 1.86 bits per heavy atom. The predicted octanol–water partition coefficient (Wildman–Crippen LogP) is 6.04. The van der Waals surface area contributed by atoms with E-state index < -0.39 is 5.25 Å². The highest BCUT2D eigenvalue weighted by Gasteiger charge is 2.18. The average molecular weight is 429 g/mol. The van der Waals surface area contributed by atoms with Gasteiger partial charge in [-0.05, 0) is 19.1 Å². The van der Waals surface area contributed by atoms with Gasteiger partial charge in [-0.1, -0.05) is 89.9 Å². The van der Waals surface area contributed by atoms with Crippen LogP contribution in [0.15, 0.2) is 88.9 Å². The van der Waals surface area contributed by atoms with Crippen LogP contribution in [0.1, 0.15) is 18.1 Å². The molecule has 0 saturated heterocycles. The molecule has 0 aliphatic heterocycles. The van der Waals surface area contributed by atoms with E-state index in [1.165, 1.54) is 11.8 Å². The van der Waals surface area contributed by atoms with Crippen LogP contribution < -0.4 is 5.43 Å². The van der Waals surface area contributed by atoms with Crippen LogP contribution >= 0.6 is 35.0 Å². The molecule has 0 aliphatic carbocycles. The summed E-state index contributed by atoms with van der Waals surface area (Å²) >= 11 is 13.7. The van der Waals surface area contributed by atoms with Crippen molar-refractivity contribution in [1.82, 2.24) is 5.43 Å². The minimum absolute atomic E-state index is 0.231. The molecular formula is C22H18Cl2N2OS. The molecule has 142 valence electrons. The summed E-state index contributed by atoms with van der Waals surface area (Å²) in [6.07, 6.45) is 0. The lowest BCUT2D eigenvalue weighted by molar-refractivity contribution is -0.120. The monoisotopic (exact) mass is 428 g/mol. The third kappa shape index (κ3) is 5.16. The Labute approximate surface area is 178 Å². The van der Waals surface area contributed by atoms with Crippen molar-refractivity contribution < 1.29 is 4.79 Å². The number of amides is 1. The van der Waals surface area contributed by atoms with E-state index in [1.54, 1.807) is 25.1 Å². The number of hydrazone groups is 1. The van der Waals surface area contributed by atoms with E-state index in [0.29, 0.717) is 20.7 Å². The molecule has 3 aromatic carbocycles. The number of carbonyl (C=O) groups is 1. The lowest BCUT2D eigenvalue weighted by Gasteiger charge is -2.13. The van der Waals surface area contributed by atoms with E-state index in [4.69, 9.17) is 23.2 Å². The highest BCUT2D eigenvalue weighted by atomic mass is 35.5. The van der Waals surface area contributed by atoms with Gasteiger partial charge in [0.05, 0.1) is 21.0 Å². The van der Waals surface area contributed by atoms with Gasteiger partial charge in [-0.2, -0.15) is 5.10 Å². The van der Waals surface area contributed by atoms with Gasteiger partial charge >= 0.3 is 0 Å². The van der Waals surface area contributed by atoms with Crippen LogP contribution in [0.3, 0.4) is 0 Å². The Morgan fingerprint density at radius 2 is 1.36 bits per heavy atom. The van der Waals surface area contributed by atoms with Crippen molar-refractivity contribution in [3.63, 3.8) is 0 Å². The number of nitrogens with zero attached hydrogens (tertiary/aromatic N) is 1. The molecule has 0 fully saturated rings. The number of carbonyl (C=O) groups excluding carboxylic acids is 1. The fraction of sp³-hybridized carbons (Fsp3) is 0.0909. The van der Waals surface area contributed by atoms with E-state index in [0.717, 1.165) is 11.1 Å². The van der Waals surface area contributed by atoms with Crippen molar-refractivity contribution in [3.8, 4) is 0 Å². The van der Waals surface area contributed by atoms with E-state index in [1.807, 2.05) is 60.7 Å². The minimum atomic E-state index is -0.422. The molecule has 28 heavy (non-hydrogen) atoms. The molecule has 0 aliphatic rings. The first-order valence-corrected chi connectivity index (χ1v) is 10.3. The Bertz CT molecular complexity index is 917. The summed E-state index contributed by atoms with van der Waals surface area (Å²) in [6, 6.07) is 24.7. The zero-order valence-corrected chi connectivity index (χ0v) is 17.4. The van der Waals surface area contributed by atoms with Crippen molar-refractivity contribution in [2.75, 3.05) is 0 Å². The summed E-state index contributed by atoms with van der Waals surface area (Å²) in [4.78, 5) is 13.3. The molecule has 0 unspecified atom stereocenters. The molecule has 0 heterocycles. The number of hydrogen-bond donors (Lipinski definition) is 1. The van der Waals surface area contributed by atoms with E-state index in [9.17, 15) is 4.79 Å². The van der Waals surface area contributed by atoms with Gasteiger partial charge in [0.1, 0.15) is 0 Å². The molecule has 3 nitrogen and oxygen atoms in total. The van der Waals surface area contributed by atoms with Crippen molar-refractivity contribution in [1.29, 1.82) is 0 Å². The SMILES string of the molecule is C[C@@H](Sc1c(Cl)cccc1Cl)C(=O)NN=C(c1ccccc1)c1ccccc1. The van der Waals surface area contributed by atoms with Gasteiger partial charge in [-0.3, -0.25) is 4.79 Å². The van der Waals surface area contributed by atoms with Crippen LogP contribution in [-0.2, 0) is 4.79 Å². The topological polar surface area (TPSA) is 41.5 Å². The van der Waals surface area contributed by atoms with E-state index in [-0.39, 0.29) is 5.91 Å². The van der Waals surface area contributed by atoms with Crippen LogP contribution in [0.5, 0.6) is 0 Å². The van der Waals surface area contributed by atoms with Crippen molar-refractivity contribution >= 4 is 46.6 Å². The van der Waals surface area contributed by atoms with Crippen LogP contribution in [-0.4, -0.2) is 16.9 Å². The highest BCUT2D eigenvalue weighted by molar-refractivity contribution is 8.00. The summed E-state index contributed by atoms with van der Waals surface area (Å²) in [5.74, 6) is -0.231. The first-order chi connectivity index (χ1) is 13.6. The second-order valence-electron chi connectivity index (χ2n) is 5.98. The van der Waals surface area contributed by atoms with Gasteiger partial charge in [0.25, 0.3) is 5.91 Å². The number of benzene rings is 3. The van der Waals surface area contributed by atoms with Crippen molar-refractivity contribution in [3.05, 3.63) is 100 Å². The number of thioether (sulfide) groups is 1. The summed E-state index contributed by atoms with van der Waals surface area (Å²) in [5.41, 5.74) is 5.22. The number of rotatable bonds is 6. The fourth-order valence-electron chi connectivity index (χ4n) is 2.52. The van der Waals surface area contributed by atoms with Crippen molar-refractivity contribution in [2.24, 2.45) is 5.10 Å². The molecule has 0 aromatic heterocycles. The molecule has 1 N–H and O–H groups in total. The van der Waals surface area contributed by atoms with Crippen LogP contribution in [0.2, 0.25) is 10.0 Å². The molecule has 3 rings (SSSR count). The van der Waals surface area contributed by atoms with Gasteiger partial charge < -0.3 is 0 Å². The third-order valence-electron chi connectivity index (χ3n) is 3.96. The second kappa shape index (κ2) is 9.78. The molecule has 0 saturated carbocycles. The van der Waals surface area contributed by atoms with Crippen LogP contribution in [0, 0.1) is 0 Å². The van der Waals surface area contributed by atoms with Crippen LogP contribution in [0.25, 0.3) is 0 Å². The smallest absolute Gasteiger partial charge is 0.253 e. The fourth-order valence-corrected chi connectivity index (χ4v) is 4.05. The van der Waals surface area contributed by atoms with Crippen molar-refractivity contribution in [2.45, 2.75) is 17.1 Å². The molecule has 1 atom stereocenters. The maximum atomic E-state index is 12.6. The lowest BCUT2D eigenvalue weighted by atomic mass is 10.0. The third-order valence-corrected chi connectivity index (χ3v) is 6.05. The minimum Gasteiger partial charge on any atom is -0.272 e. The normalized spacial score (nSPS) is 11.5.